The van der Waals surface area contributed by atoms with Crippen LogP contribution in [0.25, 0.3) is 0 Å². The van der Waals surface area contributed by atoms with Crippen molar-refractivity contribution in [1.82, 2.24) is 4.90 Å². The Morgan fingerprint density at radius 3 is 2.81 bits per heavy atom. The molecule has 114 valence electrons. The highest BCUT2D eigenvalue weighted by molar-refractivity contribution is 5.81. The molecule has 0 radical (unpaired) electrons. The number of piperidine rings is 1. The first-order chi connectivity index (χ1) is 10.1. The second-order valence-corrected chi connectivity index (χ2v) is 5.57. The van der Waals surface area contributed by atoms with Crippen molar-refractivity contribution in [2.75, 3.05) is 31.6 Å². The van der Waals surface area contributed by atoms with E-state index in [0.29, 0.717) is 13.2 Å². The lowest BCUT2D eigenvalue weighted by atomic mass is 10.1. The molecule has 0 atom stereocenters. The number of rotatable bonds is 6. The number of hydrogen-bond donors (Lipinski definition) is 1. The minimum atomic E-state index is 0.169. The number of carbonyl (C=O) groups excluding carboxylic acids is 1. The number of benzene rings is 1. The summed E-state index contributed by atoms with van der Waals surface area (Å²) in [6, 6.07) is 7.67. The second-order valence-electron chi connectivity index (χ2n) is 5.57. The van der Waals surface area contributed by atoms with Gasteiger partial charge in [0.15, 0.2) is 0 Å². The predicted molar refractivity (Wildman–Crippen MR) is 85.7 cm³/mol. The van der Waals surface area contributed by atoms with Crippen LogP contribution in [-0.2, 0) is 4.79 Å². The highest BCUT2D eigenvalue weighted by Gasteiger charge is 2.15. The zero-order valence-corrected chi connectivity index (χ0v) is 12.7. The van der Waals surface area contributed by atoms with Gasteiger partial charge in [0, 0.05) is 24.8 Å². The molecule has 1 saturated heterocycles. The second kappa shape index (κ2) is 7.72. The Balaban J connectivity index is 1.83. The lowest BCUT2D eigenvalue weighted by Gasteiger charge is -2.26. The number of nitrogens with zero attached hydrogens (tertiary/aromatic N) is 1. The van der Waals surface area contributed by atoms with Crippen LogP contribution in [0.15, 0.2) is 36.4 Å². The summed E-state index contributed by atoms with van der Waals surface area (Å²) in [7, 11) is 0. The summed E-state index contributed by atoms with van der Waals surface area (Å²) in [6.45, 7) is 8.37. The van der Waals surface area contributed by atoms with E-state index in [1.807, 2.05) is 36.1 Å². The fraction of sp³-hybridized carbons (Fsp3) is 0.471. The molecular formula is C17H24N2O2. The lowest BCUT2D eigenvalue weighted by Crippen LogP contribution is -2.39. The Labute approximate surface area is 126 Å². The number of nitrogens with one attached hydrogen (secondary N) is 1. The van der Waals surface area contributed by atoms with Crippen LogP contribution in [0.4, 0.5) is 5.69 Å². The third-order valence-corrected chi connectivity index (χ3v) is 3.47. The summed E-state index contributed by atoms with van der Waals surface area (Å²) < 4.78 is 5.60. The highest BCUT2D eigenvalue weighted by Crippen LogP contribution is 2.18. The van der Waals surface area contributed by atoms with Crippen molar-refractivity contribution in [3.05, 3.63) is 36.4 Å². The van der Waals surface area contributed by atoms with Gasteiger partial charge in [0.05, 0.1) is 6.54 Å². The quantitative estimate of drug-likeness (QED) is 0.818. The minimum Gasteiger partial charge on any atom is -0.489 e. The molecule has 1 aromatic carbocycles. The molecule has 1 N–H and O–H groups in total. The molecule has 4 heteroatoms. The molecule has 1 aliphatic heterocycles. The third-order valence-electron chi connectivity index (χ3n) is 3.47. The topological polar surface area (TPSA) is 41.6 Å². The Morgan fingerprint density at radius 2 is 2.10 bits per heavy atom. The summed E-state index contributed by atoms with van der Waals surface area (Å²) in [5.74, 6) is 0.955. The smallest absolute Gasteiger partial charge is 0.241 e. The maximum Gasteiger partial charge on any atom is 0.241 e. The van der Waals surface area contributed by atoms with E-state index >= 15 is 0 Å². The van der Waals surface area contributed by atoms with Crippen LogP contribution >= 0.6 is 0 Å². The molecule has 1 fully saturated rings. The van der Waals surface area contributed by atoms with Crippen LogP contribution in [0, 0.1) is 0 Å². The minimum absolute atomic E-state index is 0.169. The number of likely N-dealkylation sites (tertiary alicyclic amines) is 1. The van der Waals surface area contributed by atoms with E-state index in [1.165, 1.54) is 6.42 Å². The van der Waals surface area contributed by atoms with Crippen LogP contribution in [-0.4, -0.2) is 37.0 Å². The molecule has 1 aliphatic rings. The van der Waals surface area contributed by atoms with Crippen molar-refractivity contribution < 1.29 is 9.53 Å². The normalized spacial score (nSPS) is 14.6. The van der Waals surface area contributed by atoms with E-state index in [4.69, 9.17) is 4.74 Å². The van der Waals surface area contributed by atoms with E-state index in [1.54, 1.807) is 0 Å². The number of amides is 1. The van der Waals surface area contributed by atoms with E-state index in [0.717, 1.165) is 42.9 Å². The van der Waals surface area contributed by atoms with Crippen molar-refractivity contribution in [3.8, 4) is 5.75 Å². The zero-order valence-electron chi connectivity index (χ0n) is 12.7. The van der Waals surface area contributed by atoms with Crippen molar-refractivity contribution in [3.63, 3.8) is 0 Å². The fourth-order valence-corrected chi connectivity index (χ4v) is 2.34. The molecule has 0 saturated carbocycles. The first-order valence-corrected chi connectivity index (χ1v) is 7.54. The van der Waals surface area contributed by atoms with Crippen LogP contribution in [0.5, 0.6) is 5.75 Å². The molecular weight excluding hydrogens is 264 g/mol. The average Bonchev–Trinajstić information content (AvgIpc) is 2.52. The summed E-state index contributed by atoms with van der Waals surface area (Å²) in [5.41, 5.74) is 1.88. The van der Waals surface area contributed by atoms with Gasteiger partial charge in [0.25, 0.3) is 0 Å². The predicted octanol–water partition coefficient (Wildman–Crippen LogP) is 3.07. The van der Waals surface area contributed by atoms with Gasteiger partial charge in [0.1, 0.15) is 12.4 Å². The Hall–Kier alpha value is -1.97. The Bertz CT molecular complexity index is 493. The third kappa shape index (κ3) is 5.14. The summed E-state index contributed by atoms with van der Waals surface area (Å²) in [5, 5.41) is 3.18. The Morgan fingerprint density at radius 1 is 1.33 bits per heavy atom. The Kier molecular flexibility index (Phi) is 5.67. The van der Waals surface area contributed by atoms with E-state index in [2.05, 4.69) is 11.9 Å². The largest absolute Gasteiger partial charge is 0.489 e. The zero-order chi connectivity index (χ0) is 15.1. The van der Waals surface area contributed by atoms with Gasteiger partial charge < -0.3 is 15.0 Å². The van der Waals surface area contributed by atoms with Gasteiger partial charge in [-0.1, -0.05) is 12.6 Å². The molecule has 0 unspecified atom stereocenters. The van der Waals surface area contributed by atoms with Crippen molar-refractivity contribution in [2.24, 2.45) is 0 Å². The molecule has 0 spiro atoms. The van der Waals surface area contributed by atoms with E-state index < -0.39 is 0 Å². The van der Waals surface area contributed by atoms with Crippen LogP contribution < -0.4 is 10.1 Å². The van der Waals surface area contributed by atoms with Crippen molar-refractivity contribution >= 4 is 11.6 Å². The van der Waals surface area contributed by atoms with Gasteiger partial charge in [0.2, 0.25) is 5.91 Å². The molecule has 0 aromatic heterocycles. The molecule has 4 nitrogen and oxygen atoms in total. The molecule has 21 heavy (non-hydrogen) atoms. The van der Waals surface area contributed by atoms with E-state index in [9.17, 15) is 4.79 Å². The van der Waals surface area contributed by atoms with Crippen LogP contribution in [0.3, 0.4) is 0 Å². The van der Waals surface area contributed by atoms with Crippen molar-refractivity contribution in [2.45, 2.75) is 26.2 Å². The number of hydrogen-bond acceptors (Lipinski definition) is 3. The highest BCUT2D eigenvalue weighted by atomic mass is 16.5. The van der Waals surface area contributed by atoms with Crippen LogP contribution in [0.2, 0.25) is 0 Å². The SMILES string of the molecule is C=C(C)COc1cccc(NCC(=O)N2CCCCC2)c1. The summed E-state index contributed by atoms with van der Waals surface area (Å²) in [4.78, 5) is 14.0. The lowest BCUT2D eigenvalue weighted by molar-refractivity contribution is -0.130. The van der Waals surface area contributed by atoms with Gasteiger partial charge in [-0.25, -0.2) is 0 Å². The molecule has 2 rings (SSSR count). The molecule has 1 aromatic rings. The standard InChI is InChI=1S/C17H24N2O2/c1-14(2)13-21-16-8-6-7-15(11-16)18-12-17(20)19-9-4-3-5-10-19/h6-8,11,18H,1,3-5,9-10,12-13H2,2H3. The average molecular weight is 288 g/mol. The maximum absolute atomic E-state index is 12.1. The van der Waals surface area contributed by atoms with Gasteiger partial charge in [-0.15, -0.1) is 0 Å². The molecule has 0 bridgehead atoms. The van der Waals surface area contributed by atoms with Crippen molar-refractivity contribution in [1.29, 1.82) is 0 Å². The molecule has 0 aliphatic carbocycles. The fourth-order valence-electron chi connectivity index (χ4n) is 2.34. The first kappa shape index (κ1) is 15.4. The first-order valence-electron chi connectivity index (χ1n) is 7.54. The van der Waals surface area contributed by atoms with Gasteiger partial charge in [-0.2, -0.15) is 0 Å². The summed E-state index contributed by atoms with van der Waals surface area (Å²) >= 11 is 0. The number of carbonyl (C=O) groups is 1. The monoisotopic (exact) mass is 288 g/mol. The van der Waals surface area contributed by atoms with Gasteiger partial charge in [-0.3, -0.25) is 4.79 Å². The number of ether oxygens (including phenoxy) is 1. The maximum atomic E-state index is 12.1. The van der Waals surface area contributed by atoms with Gasteiger partial charge in [-0.05, 0) is 43.9 Å². The van der Waals surface area contributed by atoms with Crippen LogP contribution in [0.1, 0.15) is 26.2 Å². The molecule has 1 heterocycles. The van der Waals surface area contributed by atoms with Gasteiger partial charge >= 0.3 is 0 Å². The molecule has 1 amide bonds. The summed E-state index contributed by atoms with van der Waals surface area (Å²) in [6.07, 6.45) is 3.48. The number of anilines is 1. The van der Waals surface area contributed by atoms with E-state index in [-0.39, 0.29) is 5.91 Å².